The summed E-state index contributed by atoms with van der Waals surface area (Å²) in [5, 5.41) is 9.64. The molecule has 0 spiro atoms. The van der Waals surface area contributed by atoms with E-state index in [1.165, 1.54) is 0 Å². The van der Waals surface area contributed by atoms with Gasteiger partial charge in [-0.15, -0.1) is 0 Å². The summed E-state index contributed by atoms with van der Waals surface area (Å²) in [5.41, 5.74) is -0.513. The normalized spacial score (nSPS) is 29.4. The molecule has 2 atom stereocenters. The fourth-order valence-electron chi connectivity index (χ4n) is 3.06. The van der Waals surface area contributed by atoms with Crippen molar-refractivity contribution in [2.24, 2.45) is 5.92 Å². The minimum absolute atomic E-state index is 0.0543. The number of fused-ring (bicyclic) bond motifs is 1. The van der Waals surface area contributed by atoms with Crippen LogP contribution in [0.4, 0.5) is 0 Å². The Morgan fingerprint density at radius 2 is 2.05 bits per heavy atom. The maximum atomic E-state index is 12.4. The number of carbonyl (C=O) groups is 2. The molecule has 0 unspecified atom stereocenters. The zero-order chi connectivity index (χ0) is 16.9. The molecule has 0 aromatic rings. The highest BCUT2D eigenvalue weighted by molar-refractivity contribution is 6.74. The lowest BCUT2D eigenvalue weighted by atomic mass is 9.87. The van der Waals surface area contributed by atoms with Crippen molar-refractivity contribution in [1.82, 2.24) is 4.90 Å². The van der Waals surface area contributed by atoms with E-state index in [1.807, 2.05) is 0 Å². The van der Waals surface area contributed by atoms with E-state index in [1.54, 1.807) is 17.9 Å². The van der Waals surface area contributed by atoms with Crippen LogP contribution in [0.1, 0.15) is 40.5 Å². The highest BCUT2D eigenvalue weighted by Crippen LogP contribution is 2.48. The van der Waals surface area contributed by atoms with Crippen LogP contribution in [0.3, 0.4) is 0 Å². The van der Waals surface area contributed by atoms with Crippen LogP contribution in [0.25, 0.3) is 0 Å². The molecular weight excluding hydrogens is 298 g/mol. The van der Waals surface area contributed by atoms with Gasteiger partial charge in [-0.05, 0) is 44.0 Å². The van der Waals surface area contributed by atoms with Crippen LogP contribution in [0, 0.1) is 5.92 Å². The second-order valence-electron chi connectivity index (χ2n) is 7.93. The fraction of sp³-hybridized carbons (Fsp3) is 0.750. The van der Waals surface area contributed by atoms with E-state index < -0.39 is 25.9 Å². The maximum Gasteiger partial charge on any atom is 0.311 e. The molecule has 0 aromatic carbocycles. The van der Waals surface area contributed by atoms with Crippen molar-refractivity contribution in [3.8, 4) is 0 Å². The number of hydrogen-bond donors (Lipinski definition) is 1. The van der Waals surface area contributed by atoms with E-state index in [0.29, 0.717) is 25.0 Å². The van der Waals surface area contributed by atoms with Crippen molar-refractivity contribution in [3.05, 3.63) is 11.6 Å². The van der Waals surface area contributed by atoms with Crippen LogP contribution in [-0.2, 0) is 14.0 Å². The van der Waals surface area contributed by atoms with E-state index in [9.17, 15) is 14.7 Å². The molecule has 0 aliphatic carbocycles. The van der Waals surface area contributed by atoms with E-state index in [4.69, 9.17) is 4.43 Å². The quantitative estimate of drug-likeness (QED) is 0.810. The summed E-state index contributed by atoms with van der Waals surface area (Å²) in [4.78, 5) is 25.9. The first-order valence-electron chi connectivity index (χ1n) is 7.87. The summed E-state index contributed by atoms with van der Waals surface area (Å²) in [6.07, 6.45) is 3.00. The zero-order valence-corrected chi connectivity index (χ0v) is 15.4. The Bertz CT molecular complexity index is 535. The number of carboxylic acids is 1. The molecule has 0 saturated carbocycles. The molecule has 0 aromatic heterocycles. The minimum atomic E-state index is -2.24. The highest BCUT2D eigenvalue weighted by atomic mass is 28.4. The van der Waals surface area contributed by atoms with Crippen molar-refractivity contribution < 1.29 is 19.1 Å². The predicted molar refractivity (Wildman–Crippen MR) is 86.8 cm³/mol. The number of nitrogens with zero attached hydrogens (tertiary/aromatic N) is 1. The van der Waals surface area contributed by atoms with Gasteiger partial charge in [-0.2, -0.15) is 0 Å². The van der Waals surface area contributed by atoms with Gasteiger partial charge in [-0.25, -0.2) is 0 Å². The largest absolute Gasteiger partial charge is 0.481 e. The standard InChI is InChI=1S/C16H27NO4Si/c1-11-10-16(21-22(5,6)15(2,3)4)12(14(19)20)8-7-9-17(16)13(11)18/h10,12H,7-9H2,1-6H3,(H,19,20)/t12-,16-/m0/s1. The molecule has 5 nitrogen and oxygen atoms in total. The number of carbonyl (C=O) groups excluding carboxylic acids is 1. The molecule has 2 aliphatic heterocycles. The third kappa shape index (κ3) is 2.52. The van der Waals surface area contributed by atoms with Crippen LogP contribution < -0.4 is 0 Å². The predicted octanol–water partition coefficient (Wildman–Crippen LogP) is 2.99. The summed E-state index contributed by atoms with van der Waals surface area (Å²) in [6.45, 7) is 12.9. The van der Waals surface area contributed by atoms with Gasteiger partial charge in [0.25, 0.3) is 5.91 Å². The third-order valence-electron chi connectivity index (χ3n) is 5.32. The Morgan fingerprint density at radius 1 is 1.45 bits per heavy atom. The molecule has 124 valence electrons. The molecule has 22 heavy (non-hydrogen) atoms. The average Bonchev–Trinajstić information content (AvgIpc) is 2.58. The molecule has 0 radical (unpaired) electrons. The summed E-state index contributed by atoms with van der Waals surface area (Å²) >= 11 is 0. The van der Waals surface area contributed by atoms with Gasteiger partial charge in [-0.3, -0.25) is 9.59 Å². The first-order chi connectivity index (χ1) is 9.92. The van der Waals surface area contributed by atoms with Gasteiger partial charge in [0, 0.05) is 12.1 Å². The SMILES string of the molecule is CC1=C[C@]2(O[Si](C)(C)C(C)(C)C)[C@H](C(=O)O)CCCN2C1=O. The fourth-order valence-corrected chi connectivity index (χ4v) is 4.50. The Balaban J connectivity index is 2.52. The van der Waals surface area contributed by atoms with Crippen molar-refractivity contribution in [3.63, 3.8) is 0 Å². The van der Waals surface area contributed by atoms with Crippen LogP contribution >= 0.6 is 0 Å². The van der Waals surface area contributed by atoms with Gasteiger partial charge in [0.1, 0.15) is 5.92 Å². The first-order valence-corrected chi connectivity index (χ1v) is 10.8. The lowest BCUT2D eigenvalue weighted by molar-refractivity contribution is -0.171. The highest BCUT2D eigenvalue weighted by Gasteiger charge is 2.58. The van der Waals surface area contributed by atoms with Crippen molar-refractivity contribution >= 4 is 20.2 Å². The van der Waals surface area contributed by atoms with Gasteiger partial charge < -0.3 is 14.4 Å². The van der Waals surface area contributed by atoms with Gasteiger partial charge in [0.15, 0.2) is 14.0 Å². The third-order valence-corrected chi connectivity index (χ3v) is 9.77. The molecule has 2 rings (SSSR count). The molecular formula is C16H27NO4Si. The topological polar surface area (TPSA) is 66.8 Å². The lowest BCUT2D eigenvalue weighted by Gasteiger charge is -2.51. The average molecular weight is 325 g/mol. The molecule has 6 heteroatoms. The minimum Gasteiger partial charge on any atom is -0.481 e. The van der Waals surface area contributed by atoms with Crippen LogP contribution in [-0.4, -0.2) is 42.5 Å². The maximum absolute atomic E-state index is 12.4. The zero-order valence-electron chi connectivity index (χ0n) is 14.4. The van der Waals surface area contributed by atoms with Gasteiger partial charge >= 0.3 is 5.97 Å². The van der Waals surface area contributed by atoms with Gasteiger partial charge in [0.2, 0.25) is 0 Å². The van der Waals surface area contributed by atoms with Gasteiger partial charge in [0.05, 0.1) is 0 Å². The molecule has 0 bridgehead atoms. The Kier molecular flexibility index (Phi) is 4.07. The Labute approximate surface area is 133 Å². The van der Waals surface area contributed by atoms with Crippen molar-refractivity contribution in [2.45, 2.75) is 64.4 Å². The van der Waals surface area contributed by atoms with E-state index in [0.717, 1.165) is 0 Å². The summed E-state index contributed by atoms with van der Waals surface area (Å²) in [7, 11) is -2.24. The molecule has 1 N–H and O–H groups in total. The summed E-state index contributed by atoms with van der Waals surface area (Å²) in [5.74, 6) is -1.68. The van der Waals surface area contributed by atoms with Crippen LogP contribution in [0.15, 0.2) is 11.6 Å². The number of aliphatic carboxylic acids is 1. The monoisotopic (exact) mass is 325 g/mol. The van der Waals surface area contributed by atoms with Crippen molar-refractivity contribution in [2.75, 3.05) is 6.54 Å². The molecule has 1 amide bonds. The number of carboxylic acid groups (broad SMARTS) is 1. The van der Waals surface area contributed by atoms with Gasteiger partial charge in [-0.1, -0.05) is 20.8 Å². The van der Waals surface area contributed by atoms with E-state index in [-0.39, 0.29) is 10.9 Å². The second kappa shape index (κ2) is 5.20. The summed E-state index contributed by atoms with van der Waals surface area (Å²) < 4.78 is 6.56. The number of amides is 1. The summed E-state index contributed by atoms with van der Waals surface area (Å²) in [6, 6.07) is 0. The van der Waals surface area contributed by atoms with Crippen LogP contribution in [0.2, 0.25) is 18.1 Å². The molecule has 1 fully saturated rings. The van der Waals surface area contributed by atoms with E-state index in [2.05, 4.69) is 33.9 Å². The molecule has 2 aliphatic rings. The second-order valence-corrected chi connectivity index (χ2v) is 12.7. The molecule has 1 saturated heterocycles. The lowest BCUT2D eigenvalue weighted by Crippen LogP contribution is -2.63. The van der Waals surface area contributed by atoms with Crippen LogP contribution in [0.5, 0.6) is 0 Å². The smallest absolute Gasteiger partial charge is 0.311 e. The van der Waals surface area contributed by atoms with Crippen molar-refractivity contribution in [1.29, 1.82) is 0 Å². The van der Waals surface area contributed by atoms with E-state index >= 15 is 0 Å². The number of rotatable bonds is 3. The molecule has 2 heterocycles. The number of hydrogen-bond acceptors (Lipinski definition) is 3. The Hall–Kier alpha value is -1.14. The Morgan fingerprint density at radius 3 is 2.55 bits per heavy atom. The number of piperidine rings is 1. The first kappa shape index (κ1) is 17.2.